The monoisotopic (exact) mass is 364 g/mol. The molecule has 8 heteroatoms. The van der Waals surface area contributed by atoms with Gasteiger partial charge in [0.2, 0.25) is 5.43 Å². The van der Waals surface area contributed by atoms with Crippen LogP contribution < -0.4 is 5.43 Å². The first-order chi connectivity index (χ1) is 11.5. The van der Waals surface area contributed by atoms with Crippen LogP contribution in [0, 0.1) is 5.82 Å². The van der Waals surface area contributed by atoms with E-state index in [-0.39, 0.29) is 10.9 Å². The molecular formula is C16H13FN2O3S2. The molecule has 0 amide bonds. The first-order valence-corrected chi connectivity index (χ1v) is 9.16. The average molecular weight is 364 g/mol. The molecule has 2 aromatic heterocycles. The van der Waals surface area contributed by atoms with Crippen molar-refractivity contribution in [1.29, 1.82) is 0 Å². The van der Waals surface area contributed by atoms with Gasteiger partial charge in [-0.15, -0.1) is 11.3 Å². The highest BCUT2D eigenvalue weighted by Gasteiger charge is 2.18. The lowest BCUT2D eigenvalue weighted by atomic mass is 10.1. The van der Waals surface area contributed by atoms with E-state index in [0.29, 0.717) is 23.3 Å². The van der Waals surface area contributed by atoms with Gasteiger partial charge in [-0.1, -0.05) is 11.8 Å². The Hall–Kier alpha value is -2.19. The summed E-state index contributed by atoms with van der Waals surface area (Å²) >= 11 is 2.89. The van der Waals surface area contributed by atoms with Gasteiger partial charge in [0.1, 0.15) is 15.7 Å². The number of hydrogen-bond donors (Lipinski definition) is 1. The summed E-state index contributed by atoms with van der Waals surface area (Å²) in [6.45, 7) is 2.28. The summed E-state index contributed by atoms with van der Waals surface area (Å²) in [7, 11) is 0. The number of thiazole rings is 1. The number of carbonyl (C=O) groups is 1. The van der Waals surface area contributed by atoms with Crippen molar-refractivity contribution >= 4 is 40.0 Å². The second-order valence-corrected chi connectivity index (χ2v) is 6.93. The van der Waals surface area contributed by atoms with E-state index in [0.717, 1.165) is 10.4 Å². The molecule has 0 aliphatic heterocycles. The van der Waals surface area contributed by atoms with Crippen LogP contribution in [-0.4, -0.2) is 26.9 Å². The number of carboxylic acids is 1. The lowest BCUT2D eigenvalue weighted by molar-refractivity contribution is 0.0695. The molecule has 1 aromatic carbocycles. The molecule has 2 heterocycles. The minimum Gasteiger partial charge on any atom is -0.477 e. The Balaban J connectivity index is 2.33. The Morgan fingerprint density at radius 1 is 1.46 bits per heavy atom. The lowest BCUT2D eigenvalue weighted by Gasteiger charge is -2.11. The molecule has 0 aliphatic carbocycles. The van der Waals surface area contributed by atoms with Gasteiger partial charge < -0.3 is 9.67 Å². The Morgan fingerprint density at radius 2 is 2.21 bits per heavy atom. The van der Waals surface area contributed by atoms with Crippen molar-refractivity contribution in [3.05, 3.63) is 45.3 Å². The third-order valence-corrected chi connectivity index (χ3v) is 5.54. The first-order valence-electron chi connectivity index (χ1n) is 7.06. The highest BCUT2D eigenvalue weighted by atomic mass is 32.2. The van der Waals surface area contributed by atoms with Gasteiger partial charge in [0.15, 0.2) is 0 Å². The predicted molar refractivity (Wildman–Crippen MR) is 93.7 cm³/mol. The number of aromatic carboxylic acids is 1. The van der Waals surface area contributed by atoms with Crippen molar-refractivity contribution in [3.8, 4) is 11.3 Å². The largest absolute Gasteiger partial charge is 0.477 e. The average Bonchev–Trinajstić information content (AvgIpc) is 3.03. The number of aryl methyl sites for hydroxylation is 1. The van der Waals surface area contributed by atoms with Gasteiger partial charge in [-0.25, -0.2) is 14.2 Å². The van der Waals surface area contributed by atoms with E-state index in [1.807, 2.05) is 13.2 Å². The van der Waals surface area contributed by atoms with Crippen molar-refractivity contribution in [2.24, 2.45) is 0 Å². The van der Waals surface area contributed by atoms with E-state index in [4.69, 9.17) is 5.11 Å². The summed E-state index contributed by atoms with van der Waals surface area (Å²) in [4.78, 5) is 27.9. The Morgan fingerprint density at radius 3 is 2.79 bits per heavy atom. The van der Waals surface area contributed by atoms with Crippen molar-refractivity contribution in [3.63, 3.8) is 0 Å². The number of halogens is 1. The Labute approximate surface area is 144 Å². The maximum Gasteiger partial charge on any atom is 0.341 e. The van der Waals surface area contributed by atoms with Gasteiger partial charge in [-0.05, 0) is 25.3 Å². The number of thioether (sulfide) groups is 1. The lowest BCUT2D eigenvalue weighted by Crippen LogP contribution is -2.19. The molecule has 3 rings (SSSR count). The van der Waals surface area contributed by atoms with Crippen LogP contribution in [0.15, 0.2) is 32.8 Å². The molecule has 1 N–H and O–H groups in total. The van der Waals surface area contributed by atoms with Crippen LogP contribution in [0.25, 0.3) is 22.2 Å². The molecule has 124 valence electrons. The standard InChI is InChI=1S/C16H13FN2O3S2/c1-3-19-6-10(15(21)22)14(20)9-4-11(17)8(5-13(9)19)12-7-24-16(18-12)23-2/h4-7H,3H2,1-2H3,(H,21,22). The van der Waals surface area contributed by atoms with E-state index in [9.17, 15) is 14.0 Å². The molecule has 0 aliphatic rings. The van der Waals surface area contributed by atoms with Crippen molar-refractivity contribution in [1.82, 2.24) is 9.55 Å². The number of benzene rings is 1. The molecule has 3 aromatic rings. The van der Waals surface area contributed by atoms with Crippen molar-refractivity contribution in [2.45, 2.75) is 17.8 Å². The Bertz CT molecular complexity index is 1010. The number of carboxylic acid groups (broad SMARTS) is 1. The van der Waals surface area contributed by atoms with Crippen LogP contribution in [0.1, 0.15) is 17.3 Å². The number of hydrogen-bond acceptors (Lipinski definition) is 5. The highest BCUT2D eigenvalue weighted by Crippen LogP contribution is 2.30. The fourth-order valence-corrected chi connectivity index (χ4v) is 3.76. The zero-order chi connectivity index (χ0) is 17.4. The zero-order valence-electron chi connectivity index (χ0n) is 12.9. The summed E-state index contributed by atoms with van der Waals surface area (Å²) < 4.78 is 17.0. The maximum atomic E-state index is 14.5. The Kier molecular flexibility index (Phi) is 4.42. The summed E-state index contributed by atoms with van der Waals surface area (Å²) in [6.07, 6.45) is 3.19. The first kappa shape index (κ1) is 16.7. The van der Waals surface area contributed by atoms with Crippen molar-refractivity contribution < 1.29 is 14.3 Å². The number of nitrogens with zero attached hydrogens (tertiary/aromatic N) is 2. The van der Waals surface area contributed by atoms with Crippen LogP contribution in [0.2, 0.25) is 0 Å². The van der Waals surface area contributed by atoms with Crippen LogP contribution in [0.3, 0.4) is 0 Å². The third-order valence-electron chi connectivity index (χ3n) is 3.67. The van der Waals surface area contributed by atoms with E-state index in [2.05, 4.69) is 4.98 Å². The second kappa shape index (κ2) is 6.37. The smallest absolute Gasteiger partial charge is 0.341 e. The predicted octanol–water partition coefficient (Wildman–Crippen LogP) is 3.70. The fourth-order valence-electron chi connectivity index (χ4n) is 2.50. The molecule has 0 atom stereocenters. The van der Waals surface area contributed by atoms with Crippen LogP contribution in [0.4, 0.5) is 4.39 Å². The van der Waals surface area contributed by atoms with Crippen molar-refractivity contribution in [2.75, 3.05) is 6.26 Å². The summed E-state index contributed by atoms with van der Waals surface area (Å²) in [5.41, 5.74) is 0.234. The molecule has 0 bridgehead atoms. The van der Waals surface area contributed by atoms with E-state index < -0.39 is 17.2 Å². The highest BCUT2D eigenvalue weighted by molar-refractivity contribution is 8.00. The van der Waals surface area contributed by atoms with Gasteiger partial charge in [0.05, 0.1) is 11.2 Å². The van der Waals surface area contributed by atoms with Gasteiger partial charge >= 0.3 is 5.97 Å². The third kappa shape index (κ3) is 2.71. The molecule has 24 heavy (non-hydrogen) atoms. The summed E-state index contributed by atoms with van der Waals surface area (Å²) in [6, 6.07) is 2.66. The minimum atomic E-state index is -1.32. The molecule has 0 saturated heterocycles. The molecule has 0 radical (unpaired) electrons. The maximum absolute atomic E-state index is 14.5. The van der Waals surface area contributed by atoms with Gasteiger partial charge in [-0.2, -0.15) is 0 Å². The molecule has 0 saturated carbocycles. The number of rotatable bonds is 4. The van der Waals surface area contributed by atoms with Crippen LogP contribution in [-0.2, 0) is 6.54 Å². The van der Waals surface area contributed by atoms with E-state index in [1.165, 1.54) is 29.3 Å². The van der Waals surface area contributed by atoms with Crippen LogP contribution in [0.5, 0.6) is 0 Å². The van der Waals surface area contributed by atoms with Gasteiger partial charge in [0.25, 0.3) is 0 Å². The number of aromatic nitrogens is 2. The van der Waals surface area contributed by atoms with E-state index in [1.54, 1.807) is 16.0 Å². The molecule has 0 fully saturated rings. The topological polar surface area (TPSA) is 72.2 Å². The van der Waals surface area contributed by atoms with Gasteiger partial charge in [0, 0.05) is 29.1 Å². The SMILES string of the molecule is CCn1cc(C(=O)O)c(=O)c2cc(F)c(-c3csc(SC)n3)cc21. The number of pyridine rings is 1. The fraction of sp³-hybridized carbons (Fsp3) is 0.188. The minimum absolute atomic E-state index is 0.0540. The van der Waals surface area contributed by atoms with Gasteiger partial charge in [-0.3, -0.25) is 4.79 Å². The normalized spacial score (nSPS) is 11.1. The molecule has 0 unspecified atom stereocenters. The second-order valence-electron chi connectivity index (χ2n) is 5.02. The number of fused-ring (bicyclic) bond motifs is 1. The molecule has 0 spiro atoms. The summed E-state index contributed by atoms with van der Waals surface area (Å²) in [5, 5.41) is 11.0. The van der Waals surface area contributed by atoms with Crippen LogP contribution >= 0.6 is 23.1 Å². The zero-order valence-corrected chi connectivity index (χ0v) is 14.5. The molecule has 5 nitrogen and oxygen atoms in total. The summed E-state index contributed by atoms with van der Waals surface area (Å²) in [5.74, 6) is -1.92. The van der Waals surface area contributed by atoms with E-state index >= 15 is 0 Å². The quantitative estimate of drug-likeness (QED) is 0.715. The molecular weight excluding hydrogens is 351 g/mol.